The first-order valence-corrected chi connectivity index (χ1v) is 13.9. The van der Waals surface area contributed by atoms with Gasteiger partial charge in [0.05, 0.1) is 37.6 Å². The number of aliphatic hydroxyl groups excluding tert-OH is 8. The van der Waals surface area contributed by atoms with Crippen molar-refractivity contribution < 1.29 is 50.3 Å². The molecule has 12 nitrogen and oxygen atoms in total. The summed E-state index contributed by atoms with van der Waals surface area (Å²) in [6.07, 6.45) is -9.48. The summed E-state index contributed by atoms with van der Waals surface area (Å²) in [7, 11) is 0. The molecule has 4 rings (SSSR count). The van der Waals surface area contributed by atoms with E-state index in [9.17, 15) is 40.9 Å². The van der Waals surface area contributed by atoms with Crippen molar-refractivity contribution in [1.29, 1.82) is 0 Å². The Balaban J connectivity index is 0.00000323. The molecule has 2 aliphatic rings. The Hall–Kier alpha value is -1.78. The molecule has 43 heavy (non-hydrogen) atoms. The van der Waals surface area contributed by atoms with E-state index in [1.807, 2.05) is 48.5 Å². The lowest BCUT2D eigenvalue weighted by Crippen LogP contribution is -2.43. The molecule has 0 aliphatic carbocycles. The second-order valence-electron chi connectivity index (χ2n) is 11.0. The highest BCUT2D eigenvalue weighted by molar-refractivity contribution is 5.85. The fraction of sp³-hybridized carbons (Fsp3) is 0.586. The molecule has 2 heterocycles. The van der Waals surface area contributed by atoms with Crippen LogP contribution in [0.5, 0.6) is 11.5 Å². The number of nitrogens with zero attached hydrogens (tertiary/aromatic N) is 2. The molecule has 0 bridgehead atoms. The van der Waals surface area contributed by atoms with Gasteiger partial charge in [0.25, 0.3) is 0 Å². The highest BCUT2D eigenvalue weighted by Crippen LogP contribution is 2.20. The highest BCUT2D eigenvalue weighted by Gasteiger charge is 2.37. The summed E-state index contributed by atoms with van der Waals surface area (Å²) in [4.78, 5) is 3.57. The zero-order valence-corrected chi connectivity index (χ0v) is 25.3. The lowest BCUT2D eigenvalue weighted by molar-refractivity contribution is -0.0894. The molecule has 2 aromatic carbocycles. The third-order valence-electron chi connectivity index (χ3n) is 7.54. The minimum absolute atomic E-state index is 0. The molecule has 2 aromatic rings. The standard InChI is InChI=1S/C29H42N2O10.2ClH/c32-22-14-30(15-23(33)27(37)26(22)36)12-18-2-6-20(7-3-18)40-10-1-11-41-21-8-4-19(5-9-21)13-31-16-24(34)28(38)29(39)25(35)17-31;;/h2-9,22-29,32-39H,1,10-17H2;2*1H/t22-,23-,24-,25-,26+,27+,28+,29+;;/m0../s1. The number of rotatable bonds is 10. The van der Waals surface area contributed by atoms with Crippen LogP contribution >= 0.6 is 24.8 Å². The van der Waals surface area contributed by atoms with E-state index in [4.69, 9.17) is 9.47 Å². The Kier molecular flexibility index (Phi) is 15.3. The molecule has 0 unspecified atom stereocenters. The van der Waals surface area contributed by atoms with E-state index in [0.717, 1.165) is 11.1 Å². The van der Waals surface area contributed by atoms with Gasteiger partial charge >= 0.3 is 0 Å². The number of aliphatic hydroxyl groups is 8. The summed E-state index contributed by atoms with van der Waals surface area (Å²) in [5.41, 5.74) is 1.88. The smallest absolute Gasteiger partial charge is 0.119 e. The van der Waals surface area contributed by atoms with Crippen LogP contribution in [0.3, 0.4) is 0 Å². The Morgan fingerprint density at radius 1 is 0.488 bits per heavy atom. The quantitative estimate of drug-likeness (QED) is 0.145. The molecule has 8 N–H and O–H groups in total. The van der Waals surface area contributed by atoms with E-state index in [-0.39, 0.29) is 51.0 Å². The molecular weight excluding hydrogens is 607 g/mol. The van der Waals surface area contributed by atoms with Gasteiger partial charge in [0.15, 0.2) is 0 Å². The minimum Gasteiger partial charge on any atom is -0.493 e. The molecule has 2 aliphatic heterocycles. The summed E-state index contributed by atoms with van der Waals surface area (Å²) < 4.78 is 11.6. The normalized spacial score (nSPS) is 30.3. The third kappa shape index (κ3) is 10.7. The van der Waals surface area contributed by atoms with Crippen molar-refractivity contribution in [3.05, 3.63) is 59.7 Å². The van der Waals surface area contributed by atoms with E-state index in [1.165, 1.54) is 0 Å². The summed E-state index contributed by atoms with van der Waals surface area (Å²) >= 11 is 0. The molecule has 2 saturated heterocycles. The third-order valence-corrected chi connectivity index (χ3v) is 7.54. The number of β-amino-alcohol motifs (C(OH)–C–C–N with tert-alkyl or cyclic N) is 4. The van der Waals surface area contributed by atoms with Crippen molar-refractivity contribution in [2.75, 3.05) is 39.4 Å². The summed E-state index contributed by atoms with van der Waals surface area (Å²) in [5, 5.41) is 79.6. The molecule has 0 radical (unpaired) electrons. The van der Waals surface area contributed by atoms with Crippen LogP contribution in [-0.2, 0) is 13.1 Å². The fourth-order valence-electron chi connectivity index (χ4n) is 5.15. The van der Waals surface area contributed by atoms with Crippen molar-refractivity contribution in [3.63, 3.8) is 0 Å². The number of benzene rings is 2. The summed E-state index contributed by atoms with van der Waals surface area (Å²) in [6, 6.07) is 14.9. The first-order chi connectivity index (χ1) is 19.6. The summed E-state index contributed by atoms with van der Waals surface area (Å²) in [6.45, 7) is 2.34. The van der Waals surface area contributed by atoms with Crippen LogP contribution in [0, 0.1) is 0 Å². The van der Waals surface area contributed by atoms with Crippen LogP contribution < -0.4 is 9.47 Å². The number of ether oxygens (including phenoxy) is 2. The van der Waals surface area contributed by atoms with E-state index in [0.29, 0.717) is 44.2 Å². The van der Waals surface area contributed by atoms with Crippen LogP contribution in [0.4, 0.5) is 0 Å². The van der Waals surface area contributed by atoms with E-state index in [2.05, 4.69) is 0 Å². The van der Waals surface area contributed by atoms with Gasteiger partial charge in [-0.3, -0.25) is 9.80 Å². The van der Waals surface area contributed by atoms with Gasteiger partial charge in [-0.2, -0.15) is 0 Å². The van der Waals surface area contributed by atoms with Gasteiger partial charge in [-0.1, -0.05) is 24.3 Å². The first kappa shape index (κ1) is 37.4. The van der Waals surface area contributed by atoms with Crippen molar-refractivity contribution in [3.8, 4) is 11.5 Å². The molecule has 0 amide bonds. The number of hydrogen-bond donors (Lipinski definition) is 8. The van der Waals surface area contributed by atoms with Gasteiger partial charge in [-0.25, -0.2) is 0 Å². The number of halogens is 2. The molecule has 14 heteroatoms. The molecule has 244 valence electrons. The van der Waals surface area contributed by atoms with Crippen molar-refractivity contribution in [2.45, 2.75) is 68.3 Å². The second kappa shape index (κ2) is 17.6. The van der Waals surface area contributed by atoms with E-state index in [1.54, 1.807) is 9.80 Å². The molecule has 0 aromatic heterocycles. The second-order valence-corrected chi connectivity index (χ2v) is 11.0. The molecule has 0 spiro atoms. The van der Waals surface area contributed by atoms with Gasteiger partial charge in [0, 0.05) is 45.7 Å². The van der Waals surface area contributed by atoms with Crippen LogP contribution in [0.1, 0.15) is 17.5 Å². The maximum atomic E-state index is 10.0. The van der Waals surface area contributed by atoms with Gasteiger partial charge in [0.1, 0.15) is 35.9 Å². The first-order valence-electron chi connectivity index (χ1n) is 13.9. The van der Waals surface area contributed by atoms with Crippen LogP contribution in [0.2, 0.25) is 0 Å². The monoisotopic (exact) mass is 650 g/mol. The average Bonchev–Trinajstić information content (AvgIpc) is 3.10. The number of likely N-dealkylation sites (tertiary alicyclic amines) is 2. The van der Waals surface area contributed by atoms with Gasteiger partial charge in [0.2, 0.25) is 0 Å². The largest absolute Gasteiger partial charge is 0.493 e. The maximum absolute atomic E-state index is 10.0. The van der Waals surface area contributed by atoms with Gasteiger partial charge in [-0.15, -0.1) is 24.8 Å². The molecule has 2 fully saturated rings. The molecular formula is C29H44Cl2N2O10. The molecule has 8 atom stereocenters. The number of hydrogen-bond acceptors (Lipinski definition) is 12. The Labute approximate surface area is 263 Å². The lowest BCUT2D eigenvalue weighted by Gasteiger charge is -2.23. The lowest BCUT2D eigenvalue weighted by atomic mass is 10.1. The predicted molar refractivity (Wildman–Crippen MR) is 162 cm³/mol. The Morgan fingerprint density at radius 3 is 1.05 bits per heavy atom. The fourth-order valence-corrected chi connectivity index (χ4v) is 5.15. The van der Waals surface area contributed by atoms with Gasteiger partial charge in [-0.05, 0) is 35.4 Å². The average molecular weight is 652 g/mol. The van der Waals surface area contributed by atoms with Gasteiger partial charge < -0.3 is 50.3 Å². The topological polar surface area (TPSA) is 187 Å². The molecule has 0 saturated carbocycles. The van der Waals surface area contributed by atoms with Crippen molar-refractivity contribution >= 4 is 24.8 Å². The van der Waals surface area contributed by atoms with Crippen LogP contribution in [-0.4, -0.2) is 139 Å². The summed E-state index contributed by atoms with van der Waals surface area (Å²) in [5.74, 6) is 1.40. The van der Waals surface area contributed by atoms with Crippen LogP contribution in [0.25, 0.3) is 0 Å². The minimum atomic E-state index is -1.39. The van der Waals surface area contributed by atoms with Crippen molar-refractivity contribution in [1.82, 2.24) is 9.80 Å². The van der Waals surface area contributed by atoms with E-state index >= 15 is 0 Å². The predicted octanol–water partition coefficient (Wildman–Crippen LogP) is -1.10. The van der Waals surface area contributed by atoms with Crippen molar-refractivity contribution in [2.24, 2.45) is 0 Å². The van der Waals surface area contributed by atoms with Crippen LogP contribution in [0.15, 0.2) is 48.5 Å². The van der Waals surface area contributed by atoms with E-state index < -0.39 is 48.8 Å². The Bertz CT molecular complexity index is 955. The maximum Gasteiger partial charge on any atom is 0.119 e. The SMILES string of the molecule is Cl.Cl.O[C@H]1[C@H](O)[C@@H](O)CN(Cc2ccc(OCCCOc3ccc(CN4C[C@H](O)[C@@H](O)[C@H](O)[C@@H](O)C4)cc3)cc2)C[C@@H]1O. The zero-order chi connectivity index (χ0) is 29.5. The highest BCUT2D eigenvalue weighted by atomic mass is 35.5. The zero-order valence-electron chi connectivity index (χ0n) is 23.7. The Morgan fingerprint density at radius 2 is 0.767 bits per heavy atom.